The minimum Gasteiger partial charge on any atom is -0.351 e. The monoisotopic (exact) mass is 402 g/mol. The summed E-state index contributed by atoms with van der Waals surface area (Å²) in [6, 6.07) is 14.2. The molecule has 140 valence electrons. The van der Waals surface area contributed by atoms with Crippen molar-refractivity contribution in [3.05, 3.63) is 81.9 Å². The molecule has 0 heterocycles. The van der Waals surface area contributed by atoms with Gasteiger partial charge in [0.2, 0.25) is 11.8 Å². The molecule has 0 unspecified atom stereocenters. The first-order chi connectivity index (χ1) is 12.9. The Kier molecular flexibility index (Phi) is 8.11. The van der Waals surface area contributed by atoms with Gasteiger partial charge < -0.3 is 10.6 Å². The highest BCUT2D eigenvalue weighted by Gasteiger charge is 2.06. The number of nitrogens with one attached hydrogen (secondary N) is 2. The molecule has 0 aliphatic carbocycles. The predicted octanol–water partition coefficient (Wildman–Crippen LogP) is 4.34. The number of halogens is 2. The van der Waals surface area contributed by atoms with E-state index in [9.17, 15) is 9.59 Å². The average molecular weight is 403 g/mol. The standard InChI is InChI=1S/C21H20Cl2N2O2/c1-15(25-21(27)11-9-17-5-3-7-19(23)13-17)14-24-20(26)10-8-16-4-2-6-18(22)12-16/h2-13,15H,14H2,1H3,(H,24,26)(H,25,27)/b10-8+,11-9+/t15-/m0/s1. The fourth-order valence-corrected chi connectivity index (χ4v) is 2.62. The Bertz CT molecular complexity index is 863. The molecule has 27 heavy (non-hydrogen) atoms. The Morgan fingerprint density at radius 1 is 0.926 bits per heavy atom. The van der Waals surface area contributed by atoms with Gasteiger partial charge in [-0.1, -0.05) is 47.5 Å². The number of hydrogen-bond donors (Lipinski definition) is 2. The smallest absolute Gasteiger partial charge is 0.244 e. The lowest BCUT2D eigenvalue weighted by atomic mass is 10.2. The number of amides is 2. The van der Waals surface area contributed by atoms with Crippen LogP contribution < -0.4 is 10.6 Å². The molecule has 0 fully saturated rings. The molecule has 6 heteroatoms. The van der Waals surface area contributed by atoms with Crippen LogP contribution in [-0.4, -0.2) is 24.4 Å². The lowest BCUT2D eigenvalue weighted by Gasteiger charge is -2.12. The van der Waals surface area contributed by atoms with Crippen molar-refractivity contribution in [1.82, 2.24) is 10.6 Å². The molecule has 0 aromatic heterocycles. The largest absolute Gasteiger partial charge is 0.351 e. The fraction of sp³-hybridized carbons (Fsp3) is 0.143. The summed E-state index contributed by atoms with van der Waals surface area (Å²) in [5, 5.41) is 6.75. The third-order valence-corrected chi connectivity index (χ3v) is 3.99. The summed E-state index contributed by atoms with van der Waals surface area (Å²) in [4.78, 5) is 23.8. The topological polar surface area (TPSA) is 58.2 Å². The van der Waals surface area contributed by atoms with Crippen LogP contribution >= 0.6 is 23.2 Å². The van der Waals surface area contributed by atoms with E-state index >= 15 is 0 Å². The van der Waals surface area contributed by atoms with Crippen LogP contribution in [0.25, 0.3) is 12.2 Å². The summed E-state index contributed by atoms with van der Waals surface area (Å²) in [5.41, 5.74) is 1.68. The minimum atomic E-state index is -0.245. The normalized spacial score (nSPS) is 12.3. The van der Waals surface area contributed by atoms with Gasteiger partial charge in [-0.3, -0.25) is 9.59 Å². The fourth-order valence-electron chi connectivity index (χ4n) is 2.22. The summed E-state index contributed by atoms with van der Waals surface area (Å²) < 4.78 is 0. The summed E-state index contributed by atoms with van der Waals surface area (Å²) in [6.07, 6.45) is 6.22. The number of carbonyl (C=O) groups excluding carboxylic acids is 2. The van der Waals surface area contributed by atoms with Crippen LogP contribution in [0.5, 0.6) is 0 Å². The maximum atomic E-state index is 11.9. The number of rotatable bonds is 7. The third-order valence-electron chi connectivity index (χ3n) is 3.52. The van der Waals surface area contributed by atoms with E-state index in [0.717, 1.165) is 11.1 Å². The Morgan fingerprint density at radius 2 is 1.44 bits per heavy atom. The quantitative estimate of drug-likeness (QED) is 0.676. The van der Waals surface area contributed by atoms with Crippen LogP contribution in [0.15, 0.2) is 60.7 Å². The molecular weight excluding hydrogens is 383 g/mol. The van der Waals surface area contributed by atoms with Gasteiger partial charge in [-0.2, -0.15) is 0 Å². The van der Waals surface area contributed by atoms with E-state index in [1.165, 1.54) is 12.2 Å². The highest BCUT2D eigenvalue weighted by Crippen LogP contribution is 2.12. The molecule has 2 N–H and O–H groups in total. The van der Waals surface area contributed by atoms with Crippen molar-refractivity contribution in [2.75, 3.05) is 6.54 Å². The molecule has 0 aliphatic rings. The van der Waals surface area contributed by atoms with Gasteiger partial charge in [0.25, 0.3) is 0 Å². The molecule has 0 saturated heterocycles. The van der Waals surface area contributed by atoms with Gasteiger partial charge in [0.05, 0.1) is 0 Å². The molecule has 2 aromatic rings. The molecule has 1 atom stereocenters. The summed E-state index contributed by atoms with van der Waals surface area (Å²) in [6.45, 7) is 2.13. The summed E-state index contributed by atoms with van der Waals surface area (Å²) in [7, 11) is 0. The Morgan fingerprint density at radius 3 is 1.96 bits per heavy atom. The van der Waals surface area contributed by atoms with Crippen molar-refractivity contribution in [1.29, 1.82) is 0 Å². The molecule has 0 bridgehead atoms. The summed E-state index contributed by atoms with van der Waals surface area (Å²) >= 11 is 11.8. The zero-order valence-electron chi connectivity index (χ0n) is 14.8. The van der Waals surface area contributed by atoms with Crippen molar-refractivity contribution in [2.45, 2.75) is 13.0 Å². The van der Waals surface area contributed by atoms with Crippen molar-refractivity contribution in [3.8, 4) is 0 Å². The van der Waals surface area contributed by atoms with E-state index in [1.807, 2.05) is 31.2 Å². The van der Waals surface area contributed by atoms with E-state index in [2.05, 4.69) is 10.6 Å². The van der Waals surface area contributed by atoms with Crippen LogP contribution in [0, 0.1) is 0 Å². The van der Waals surface area contributed by atoms with E-state index in [-0.39, 0.29) is 17.9 Å². The highest BCUT2D eigenvalue weighted by atomic mass is 35.5. The number of carbonyl (C=O) groups is 2. The van der Waals surface area contributed by atoms with E-state index in [0.29, 0.717) is 16.6 Å². The second-order valence-corrected chi connectivity index (χ2v) is 6.80. The highest BCUT2D eigenvalue weighted by molar-refractivity contribution is 6.31. The zero-order valence-corrected chi connectivity index (χ0v) is 16.3. The lowest BCUT2D eigenvalue weighted by molar-refractivity contribution is -0.118. The number of benzene rings is 2. The average Bonchev–Trinajstić information content (AvgIpc) is 2.63. The van der Waals surface area contributed by atoms with Gasteiger partial charge in [0, 0.05) is 34.8 Å². The van der Waals surface area contributed by atoms with Crippen LogP contribution in [0.1, 0.15) is 18.1 Å². The molecular formula is C21H20Cl2N2O2. The molecule has 2 rings (SSSR count). The van der Waals surface area contributed by atoms with Crippen molar-refractivity contribution in [2.24, 2.45) is 0 Å². The SMILES string of the molecule is C[C@@H](CNC(=O)/C=C/c1cccc(Cl)c1)NC(=O)/C=C/c1cccc(Cl)c1. The van der Waals surface area contributed by atoms with Gasteiger partial charge in [-0.15, -0.1) is 0 Å². The van der Waals surface area contributed by atoms with Crippen LogP contribution in [0.4, 0.5) is 0 Å². The Labute approximate surface area is 168 Å². The van der Waals surface area contributed by atoms with Crippen LogP contribution in [0.2, 0.25) is 10.0 Å². The Balaban J connectivity index is 1.75. The zero-order chi connectivity index (χ0) is 19.6. The molecule has 2 amide bonds. The molecule has 0 radical (unpaired) electrons. The van der Waals surface area contributed by atoms with Gasteiger partial charge in [-0.05, 0) is 54.5 Å². The van der Waals surface area contributed by atoms with E-state index in [1.54, 1.807) is 36.4 Å². The first kappa shape index (κ1) is 20.7. The first-order valence-corrected chi connectivity index (χ1v) is 9.13. The van der Waals surface area contributed by atoms with Gasteiger partial charge >= 0.3 is 0 Å². The van der Waals surface area contributed by atoms with Crippen LogP contribution in [0.3, 0.4) is 0 Å². The maximum absolute atomic E-state index is 11.9. The molecule has 4 nitrogen and oxygen atoms in total. The molecule has 0 aliphatic heterocycles. The first-order valence-electron chi connectivity index (χ1n) is 8.38. The number of hydrogen-bond acceptors (Lipinski definition) is 2. The molecule has 2 aromatic carbocycles. The third kappa shape index (κ3) is 8.11. The van der Waals surface area contributed by atoms with Gasteiger partial charge in [0.1, 0.15) is 0 Å². The Hall–Kier alpha value is -2.56. The van der Waals surface area contributed by atoms with Gasteiger partial charge in [0.15, 0.2) is 0 Å². The second kappa shape index (κ2) is 10.6. The maximum Gasteiger partial charge on any atom is 0.244 e. The molecule has 0 spiro atoms. The van der Waals surface area contributed by atoms with Crippen molar-refractivity contribution in [3.63, 3.8) is 0 Å². The lowest BCUT2D eigenvalue weighted by Crippen LogP contribution is -2.40. The van der Waals surface area contributed by atoms with E-state index < -0.39 is 0 Å². The molecule has 0 saturated carbocycles. The van der Waals surface area contributed by atoms with Gasteiger partial charge in [-0.25, -0.2) is 0 Å². The summed E-state index contributed by atoms with van der Waals surface area (Å²) in [5.74, 6) is -0.489. The van der Waals surface area contributed by atoms with Crippen LogP contribution in [-0.2, 0) is 9.59 Å². The van der Waals surface area contributed by atoms with E-state index in [4.69, 9.17) is 23.2 Å². The van der Waals surface area contributed by atoms with Crippen molar-refractivity contribution < 1.29 is 9.59 Å². The van der Waals surface area contributed by atoms with Crippen molar-refractivity contribution >= 4 is 47.2 Å². The second-order valence-electron chi connectivity index (χ2n) is 5.93. The minimum absolute atomic E-state index is 0.218. The predicted molar refractivity (Wildman–Crippen MR) is 112 cm³/mol.